The largest absolute Gasteiger partial charge is 0.492 e. The summed E-state index contributed by atoms with van der Waals surface area (Å²) in [6.07, 6.45) is 0. The Kier molecular flexibility index (Phi) is 3.35. The lowest BCUT2D eigenvalue weighted by atomic mass is 9.78. The summed E-state index contributed by atoms with van der Waals surface area (Å²) < 4.78 is 6.00. The molecule has 0 unspecified atom stereocenters. The van der Waals surface area contributed by atoms with E-state index < -0.39 is 7.12 Å². The predicted octanol–water partition coefficient (Wildman–Crippen LogP) is 4.09. The average Bonchev–Trinajstić information content (AvgIpc) is 3.06. The van der Waals surface area contributed by atoms with Crippen molar-refractivity contribution < 1.29 is 14.5 Å². The van der Waals surface area contributed by atoms with Crippen molar-refractivity contribution in [1.82, 2.24) is 0 Å². The molecule has 4 aromatic carbocycles. The lowest BCUT2D eigenvalue weighted by molar-refractivity contribution is 0.425. The molecule has 0 aliphatic carbocycles. The Bertz CT molecular complexity index is 1270. The number of hydrogen-bond donors (Lipinski definition) is 2. The Hall–Kier alpha value is -3.08. The standard InChI is InChI=1S/C22H15BO3/c24-23(25)19-13-12-17(16-10-5-7-14-6-1-2-8-15(14)16)21-18-9-3-4-11-20(18)26-22(19)21/h1-13,24-25H. The van der Waals surface area contributed by atoms with Crippen LogP contribution in [0.2, 0.25) is 0 Å². The van der Waals surface area contributed by atoms with Crippen LogP contribution in [0.3, 0.4) is 0 Å². The third-order valence-corrected chi connectivity index (χ3v) is 4.91. The molecular formula is C22H15BO3. The molecule has 2 N–H and O–H groups in total. The summed E-state index contributed by atoms with van der Waals surface area (Å²) >= 11 is 0. The van der Waals surface area contributed by atoms with Crippen LogP contribution < -0.4 is 5.46 Å². The summed E-state index contributed by atoms with van der Waals surface area (Å²) in [5, 5.41) is 23.7. The van der Waals surface area contributed by atoms with E-state index in [4.69, 9.17) is 4.42 Å². The lowest BCUT2D eigenvalue weighted by Crippen LogP contribution is -2.30. The molecule has 0 aliphatic heterocycles. The number of benzene rings is 4. The van der Waals surface area contributed by atoms with Gasteiger partial charge in [0.05, 0.1) is 0 Å². The predicted molar refractivity (Wildman–Crippen MR) is 106 cm³/mol. The van der Waals surface area contributed by atoms with Crippen molar-refractivity contribution in [3.05, 3.63) is 78.9 Å². The molecule has 124 valence electrons. The van der Waals surface area contributed by atoms with Crippen LogP contribution in [0.25, 0.3) is 43.8 Å². The van der Waals surface area contributed by atoms with Crippen molar-refractivity contribution >= 4 is 45.3 Å². The Morgan fingerprint density at radius 3 is 2.23 bits per heavy atom. The molecule has 5 rings (SSSR count). The summed E-state index contributed by atoms with van der Waals surface area (Å²) in [5.41, 5.74) is 3.74. The molecule has 4 heteroatoms. The van der Waals surface area contributed by atoms with E-state index in [-0.39, 0.29) is 0 Å². The van der Waals surface area contributed by atoms with E-state index in [1.807, 2.05) is 48.5 Å². The first-order valence-electron chi connectivity index (χ1n) is 8.52. The van der Waals surface area contributed by atoms with Crippen LogP contribution in [0.5, 0.6) is 0 Å². The van der Waals surface area contributed by atoms with E-state index in [2.05, 4.69) is 24.3 Å². The van der Waals surface area contributed by atoms with Crippen molar-refractivity contribution in [2.45, 2.75) is 0 Å². The van der Waals surface area contributed by atoms with Gasteiger partial charge >= 0.3 is 7.12 Å². The van der Waals surface area contributed by atoms with Crippen LogP contribution in [-0.2, 0) is 0 Å². The second-order valence-electron chi connectivity index (χ2n) is 6.41. The van der Waals surface area contributed by atoms with Gasteiger partial charge < -0.3 is 14.5 Å². The normalized spacial score (nSPS) is 11.5. The van der Waals surface area contributed by atoms with Crippen LogP contribution in [0.4, 0.5) is 0 Å². The number of para-hydroxylation sites is 1. The molecule has 0 spiro atoms. The molecule has 0 fully saturated rings. The van der Waals surface area contributed by atoms with Gasteiger partial charge in [-0.3, -0.25) is 0 Å². The Morgan fingerprint density at radius 1 is 0.654 bits per heavy atom. The van der Waals surface area contributed by atoms with E-state index in [1.165, 1.54) is 0 Å². The minimum Gasteiger partial charge on any atom is -0.456 e. The molecule has 0 aliphatic rings. The molecule has 0 saturated carbocycles. The van der Waals surface area contributed by atoms with E-state index in [0.717, 1.165) is 38.3 Å². The molecule has 0 amide bonds. The SMILES string of the molecule is OB(O)c1ccc(-c2cccc3ccccc23)c2c1oc1ccccc12. The summed E-state index contributed by atoms with van der Waals surface area (Å²) in [5.74, 6) is 0. The molecule has 0 saturated heterocycles. The van der Waals surface area contributed by atoms with Gasteiger partial charge in [-0.05, 0) is 28.0 Å². The third kappa shape index (κ3) is 2.17. The quantitative estimate of drug-likeness (QED) is 0.477. The highest BCUT2D eigenvalue weighted by Gasteiger charge is 2.22. The smallest absolute Gasteiger partial charge is 0.456 e. The zero-order chi connectivity index (χ0) is 17.7. The fourth-order valence-corrected chi connectivity index (χ4v) is 3.74. The van der Waals surface area contributed by atoms with Crippen molar-refractivity contribution in [2.75, 3.05) is 0 Å². The van der Waals surface area contributed by atoms with E-state index in [0.29, 0.717) is 11.0 Å². The van der Waals surface area contributed by atoms with Gasteiger partial charge in [0.2, 0.25) is 0 Å². The van der Waals surface area contributed by atoms with Gasteiger partial charge in [0, 0.05) is 16.2 Å². The molecule has 0 atom stereocenters. The molecule has 1 heterocycles. The summed E-state index contributed by atoms with van der Waals surface area (Å²) in [7, 11) is -1.58. The van der Waals surface area contributed by atoms with Crippen molar-refractivity contribution in [2.24, 2.45) is 0 Å². The Labute approximate surface area is 150 Å². The van der Waals surface area contributed by atoms with Gasteiger partial charge in [-0.15, -0.1) is 0 Å². The minimum atomic E-state index is -1.58. The van der Waals surface area contributed by atoms with Crippen LogP contribution in [0.1, 0.15) is 0 Å². The number of furan rings is 1. The first kappa shape index (κ1) is 15.2. The zero-order valence-electron chi connectivity index (χ0n) is 13.9. The van der Waals surface area contributed by atoms with E-state index in [9.17, 15) is 10.0 Å². The highest BCUT2D eigenvalue weighted by atomic mass is 16.4. The second kappa shape index (κ2) is 5.73. The number of rotatable bonds is 2. The van der Waals surface area contributed by atoms with Crippen LogP contribution >= 0.6 is 0 Å². The monoisotopic (exact) mass is 338 g/mol. The third-order valence-electron chi connectivity index (χ3n) is 4.91. The average molecular weight is 338 g/mol. The fraction of sp³-hybridized carbons (Fsp3) is 0. The Balaban J connectivity index is 1.96. The topological polar surface area (TPSA) is 53.6 Å². The molecule has 5 aromatic rings. The van der Waals surface area contributed by atoms with Crippen molar-refractivity contribution in [1.29, 1.82) is 0 Å². The van der Waals surface area contributed by atoms with Crippen molar-refractivity contribution in [3.63, 3.8) is 0 Å². The molecule has 0 radical (unpaired) electrons. The van der Waals surface area contributed by atoms with Crippen molar-refractivity contribution in [3.8, 4) is 11.1 Å². The maximum Gasteiger partial charge on any atom is 0.492 e. The maximum absolute atomic E-state index is 9.78. The number of fused-ring (bicyclic) bond motifs is 4. The highest BCUT2D eigenvalue weighted by Crippen LogP contribution is 2.38. The molecule has 3 nitrogen and oxygen atoms in total. The zero-order valence-corrected chi connectivity index (χ0v) is 13.9. The number of hydrogen-bond acceptors (Lipinski definition) is 3. The van der Waals surface area contributed by atoms with Gasteiger partial charge in [0.25, 0.3) is 0 Å². The van der Waals surface area contributed by atoms with E-state index in [1.54, 1.807) is 6.07 Å². The summed E-state index contributed by atoms with van der Waals surface area (Å²) in [4.78, 5) is 0. The molecule has 1 aromatic heterocycles. The second-order valence-corrected chi connectivity index (χ2v) is 6.41. The van der Waals surface area contributed by atoms with Gasteiger partial charge in [0.1, 0.15) is 11.2 Å². The maximum atomic E-state index is 9.78. The fourth-order valence-electron chi connectivity index (χ4n) is 3.74. The van der Waals surface area contributed by atoms with Gasteiger partial charge in [-0.2, -0.15) is 0 Å². The van der Waals surface area contributed by atoms with Gasteiger partial charge in [-0.1, -0.05) is 72.8 Å². The van der Waals surface area contributed by atoms with Crippen LogP contribution in [0, 0.1) is 0 Å². The minimum absolute atomic E-state index is 0.375. The first-order chi connectivity index (χ1) is 12.7. The highest BCUT2D eigenvalue weighted by molar-refractivity contribution is 6.62. The summed E-state index contributed by atoms with van der Waals surface area (Å²) in [6.45, 7) is 0. The van der Waals surface area contributed by atoms with Crippen LogP contribution in [0.15, 0.2) is 83.3 Å². The first-order valence-corrected chi connectivity index (χ1v) is 8.52. The van der Waals surface area contributed by atoms with Gasteiger partial charge in [-0.25, -0.2) is 0 Å². The van der Waals surface area contributed by atoms with Gasteiger partial charge in [0.15, 0.2) is 0 Å². The molecular weight excluding hydrogens is 323 g/mol. The molecule has 26 heavy (non-hydrogen) atoms. The van der Waals surface area contributed by atoms with Crippen LogP contribution in [-0.4, -0.2) is 17.2 Å². The molecule has 0 bridgehead atoms. The lowest BCUT2D eigenvalue weighted by Gasteiger charge is -2.10. The summed E-state index contributed by atoms with van der Waals surface area (Å²) in [6, 6.07) is 25.9. The van der Waals surface area contributed by atoms with E-state index >= 15 is 0 Å². The Morgan fingerprint density at radius 2 is 1.38 bits per heavy atom.